The van der Waals surface area contributed by atoms with Crippen LogP contribution in [0, 0.1) is 10.1 Å². The van der Waals surface area contributed by atoms with E-state index < -0.39 is 10.7 Å². The van der Waals surface area contributed by atoms with Gasteiger partial charge in [-0.05, 0) is 346 Å². The Kier molecular flexibility index (Phi) is 34.1. The van der Waals surface area contributed by atoms with Crippen molar-refractivity contribution in [2.75, 3.05) is 59.4 Å². The number of nitrogen functional groups attached to an aromatic ring is 2. The van der Waals surface area contributed by atoms with E-state index in [1.54, 1.807) is 317 Å². The average Bonchev–Trinajstić information content (AvgIpc) is 0.841. The predicted molar refractivity (Wildman–Crippen MR) is 517 cm³/mol. The lowest BCUT2D eigenvalue weighted by Crippen LogP contribution is -2.00. The number of nitrogens with one attached hydrogen (secondary N) is 5. The first-order valence-electron chi connectivity index (χ1n) is 40.1. The van der Waals surface area contributed by atoms with Crippen molar-refractivity contribution in [3.63, 3.8) is 0 Å². The number of phenolic OH excluding ortho intramolecular Hbond substituents is 5. The Morgan fingerprint density at radius 3 is 0.841 bits per heavy atom. The molecule has 0 amide bonds. The fourth-order valence-electron chi connectivity index (χ4n) is 11.9. The Morgan fingerprint density at radius 1 is 0.326 bits per heavy atom. The van der Waals surface area contributed by atoms with Gasteiger partial charge in [-0.2, -0.15) is 0 Å². The molecule has 15 rings (SSSR count). The number of phenols is 5. The number of halogens is 1. The molecule has 0 bridgehead atoms. The zero-order valence-corrected chi connectivity index (χ0v) is 71.7. The molecule has 660 valence electrons. The summed E-state index contributed by atoms with van der Waals surface area (Å²) in [5.41, 5.74) is 22.2. The SMILES string of the molecule is COc1ccc(C(=O)/C=C/c2cccnc2Nc2ccc(O)cc2)cc1.COc1ccc(C(=O)/C=C/c2cccnc2Nc2ccc(O)cc2)cc1N.COc1ccc(C(=O)/C=C/c2cccnc2Nc2ccc(O)cc2)cc1[N+](=O)[O-].Nc1ccc(C(=O)/C=C/c2cccnc2Nc2ccc(O)cc2)cc1.O=C(/C=C/c1cccnc1Nc1ccc(O)cc1)c1ccc(Cl)cc1. The van der Waals surface area contributed by atoms with E-state index >= 15 is 0 Å². The summed E-state index contributed by atoms with van der Waals surface area (Å²) in [6.45, 7) is 0. The molecular formula is C103H86ClN13O15. The van der Waals surface area contributed by atoms with E-state index in [9.17, 15) is 59.6 Å². The summed E-state index contributed by atoms with van der Waals surface area (Å²) in [5, 5.41) is 74.3. The topological polar surface area (TPSA) is 434 Å². The first kappa shape index (κ1) is 94.4. The number of nitro groups is 1. The van der Waals surface area contributed by atoms with E-state index in [-0.39, 0.29) is 68.9 Å². The van der Waals surface area contributed by atoms with Gasteiger partial charge >= 0.3 is 5.69 Å². The van der Waals surface area contributed by atoms with Crippen molar-refractivity contribution in [1.82, 2.24) is 24.9 Å². The molecule has 29 heteroatoms. The lowest BCUT2D eigenvalue weighted by Gasteiger charge is -2.08. The Hall–Kier alpha value is -18.3. The summed E-state index contributed by atoms with van der Waals surface area (Å²) in [6, 6.07) is 80.7. The number of rotatable bonds is 29. The van der Waals surface area contributed by atoms with Gasteiger partial charge in [0.1, 0.15) is 69.3 Å². The number of hydrogen-bond donors (Lipinski definition) is 12. The molecule has 0 atom stereocenters. The van der Waals surface area contributed by atoms with Crippen LogP contribution in [0.3, 0.4) is 0 Å². The van der Waals surface area contributed by atoms with Crippen molar-refractivity contribution in [2.45, 2.75) is 0 Å². The normalized spacial score (nSPS) is 10.7. The predicted octanol–water partition coefficient (Wildman–Crippen LogP) is 21.9. The number of methoxy groups -OCH3 is 3. The number of nitrogens with two attached hydrogens (primary N) is 2. The molecular weight excluding hydrogens is 1690 g/mol. The van der Waals surface area contributed by atoms with Gasteiger partial charge in [0.2, 0.25) is 0 Å². The minimum absolute atomic E-state index is 0.0863. The maximum absolute atomic E-state index is 12.5. The van der Waals surface area contributed by atoms with E-state index in [4.69, 9.17) is 37.3 Å². The summed E-state index contributed by atoms with van der Waals surface area (Å²) in [7, 11) is 4.44. The molecule has 0 aliphatic carbocycles. The number of allylic oxidation sites excluding steroid dienone is 5. The van der Waals surface area contributed by atoms with Gasteiger partial charge in [-0.3, -0.25) is 34.1 Å². The van der Waals surface area contributed by atoms with Crippen LogP contribution in [0.25, 0.3) is 30.4 Å². The highest BCUT2D eigenvalue weighted by Gasteiger charge is 2.19. The second-order valence-corrected chi connectivity index (χ2v) is 28.4. The average molecular weight is 1780 g/mol. The number of nitro benzene ring substituents is 1. The molecule has 0 aliphatic heterocycles. The number of benzene rings is 10. The summed E-state index contributed by atoms with van der Waals surface area (Å²) in [6.07, 6.45) is 24.0. The van der Waals surface area contributed by atoms with Crippen LogP contribution < -0.4 is 52.3 Å². The van der Waals surface area contributed by atoms with E-state index in [0.717, 1.165) is 45.0 Å². The molecule has 0 spiro atoms. The van der Waals surface area contributed by atoms with Crippen molar-refractivity contribution < 1.29 is 68.6 Å². The largest absolute Gasteiger partial charge is 0.508 e. The summed E-state index contributed by atoms with van der Waals surface area (Å²) in [4.78, 5) is 93.8. The number of hydrogen-bond acceptors (Lipinski definition) is 27. The van der Waals surface area contributed by atoms with Crippen molar-refractivity contribution in [3.05, 3.63) is 423 Å². The second-order valence-electron chi connectivity index (χ2n) is 28.0. The first-order chi connectivity index (χ1) is 63.9. The third-order valence-corrected chi connectivity index (χ3v) is 19.0. The zero-order chi connectivity index (χ0) is 93.7. The molecule has 0 radical (unpaired) electrons. The van der Waals surface area contributed by atoms with Gasteiger partial charge in [0, 0.05) is 132 Å². The molecule has 0 saturated heterocycles. The number of aromatic hydroxyl groups is 5. The summed E-state index contributed by atoms with van der Waals surface area (Å²) >= 11 is 5.84. The first-order valence-corrected chi connectivity index (χ1v) is 40.5. The number of nitrogens with zero attached hydrogens (tertiary/aromatic N) is 6. The number of ketones is 5. The molecule has 0 unspecified atom stereocenters. The third-order valence-electron chi connectivity index (χ3n) is 18.8. The van der Waals surface area contributed by atoms with Gasteiger partial charge in [-0.1, -0.05) is 11.6 Å². The maximum atomic E-state index is 12.5. The Labute approximate surface area is 763 Å². The maximum Gasteiger partial charge on any atom is 0.311 e. The molecule has 5 aromatic heterocycles. The highest BCUT2D eigenvalue weighted by Crippen LogP contribution is 2.32. The van der Waals surface area contributed by atoms with Gasteiger partial charge in [0.25, 0.3) is 0 Å². The summed E-state index contributed by atoms with van der Waals surface area (Å²) in [5.74, 6) is 4.32. The monoisotopic (exact) mass is 1780 g/mol. The van der Waals surface area contributed by atoms with Crippen LogP contribution >= 0.6 is 11.6 Å². The molecule has 10 aromatic carbocycles. The van der Waals surface area contributed by atoms with Gasteiger partial charge in [0.05, 0.1) is 31.9 Å². The van der Waals surface area contributed by atoms with Crippen molar-refractivity contribution >= 4 is 145 Å². The van der Waals surface area contributed by atoms with Gasteiger partial charge < -0.3 is 77.8 Å². The van der Waals surface area contributed by atoms with Crippen LogP contribution in [-0.2, 0) is 0 Å². The molecule has 14 N–H and O–H groups in total. The lowest BCUT2D eigenvalue weighted by molar-refractivity contribution is -0.385. The van der Waals surface area contributed by atoms with Gasteiger partial charge in [0.15, 0.2) is 34.7 Å². The molecule has 15 aromatic rings. The number of carbonyl (C=O) groups is 5. The molecule has 5 heterocycles. The zero-order valence-electron chi connectivity index (χ0n) is 70.9. The Morgan fingerprint density at radius 2 is 0.576 bits per heavy atom. The van der Waals surface area contributed by atoms with Crippen molar-refractivity contribution in [3.8, 4) is 46.0 Å². The van der Waals surface area contributed by atoms with Crippen molar-refractivity contribution in [1.29, 1.82) is 0 Å². The number of ether oxygens (including phenoxy) is 3. The van der Waals surface area contributed by atoms with Gasteiger partial charge in [-0.15, -0.1) is 0 Å². The van der Waals surface area contributed by atoms with Crippen LogP contribution in [0.5, 0.6) is 46.0 Å². The van der Waals surface area contributed by atoms with E-state index in [0.29, 0.717) is 90.5 Å². The molecule has 0 aliphatic rings. The van der Waals surface area contributed by atoms with Crippen LogP contribution in [0.1, 0.15) is 79.6 Å². The number of pyridine rings is 5. The quantitative estimate of drug-likeness (QED) is 0.00517. The molecule has 0 fully saturated rings. The van der Waals surface area contributed by atoms with Gasteiger partial charge in [-0.25, -0.2) is 24.9 Å². The Balaban J connectivity index is 0.000000159. The van der Waals surface area contributed by atoms with Crippen LogP contribution in [0.2, 0.25) is 5.02 Å². The minimum atomic E-state index is -0.597. The fourth-order valence-corrected chi connectivity index (χ4v) is 12.0. The van der Waals surface area contributed by atoms with Crippen LogP contribution in [0.4, 0.5) is 74.6 Å². The van der Waals surface area contributed by atoms with Crippen LogP contribution in [0.15, 0.2) is 353 Å². The Bertz CT molecular complexity index is 6490. The van der Waals surface area contributed by atoms with E-state index in [1.807, 2.05) is 24.3 Å². The number of anilines is 12. The smallest absolute Gasteiger partial charge is 0.311 e. The second kappa shape index (κ2) is 47.7. The highest BCUT2D eigenvalue weighted by molar-refractivity contribution is 6.30. The van der Waals surface area contributed by atoms with Crippen molar-refractivity contribution in [2.24, 2.45) is 0 Å². The number of aromatic nitrogens is 5. The standard InChI is InChI=1S/C21H17N3O5.C21H19N3O3.C21H18N2O3.C20H15ClN2O2.C20H17N3O2/c1-29-20-11-5-15(13-18(20)24(27)28)19(26)10-4-14-3-2-12-22-21(14)23-16-6-8-17(25)9-7-16;1-27-20-11-5-15(13-18(20)22)19(26)10-4-14-3-2-12-23-21(14)24-16-6-8-17(25)9-7-16;1-26-19-11-4-15(5-12-19)20(25)13-6-16-3-2-14-22-21(16)23-17-7-9-18(24)10-8-17;2*21-16-6-3-14(4-7-16)19(25)12-5-15-2-1-13-22-20(15)23-17-8-10-18(24)11-9-17/h2-13,25H,1H3,(H,22,23);2-13,25H,22H2,1H3,(H,23,24);2-14,24H,1H3,(H,22,23);1-13,24H,(H,22,23);1-13,24H,21H2,(H,22,23)/b2*10-4+;13-6+;2*12-5+. The summed E-state index contributed by atoms with van der Waals surface area (Å²) < 4.78 is 15.1. The molecule has 0 saturated carbocycles. The lowest BCUT2D eigenvalue weighted by atomic mass is 10.1. The minimum Gasteiger partial charge on any atom is -0.508 e. The van der Waals surface area contributed by atoms with E-state index in [1.165, 1.54) is 62.8 Å². The van der Waals surface area contributed by atoms with Crippen LogP contribution in [-0.4, -0.2) is 106 Å². The molecule has 28 nitrogen and oxygen atoms in total. The highest BCUT2D eigenvalue weighted by atomic mass is 35.5. The number of carbonyl (C=O) groups excluding carboxylic acids is 5. The van der Waals surface area contributed by atoms with E-state index in [2.05, 4.69) is 51.5 Å². The fraction of sp³-hybridized carbons (Fsp3) is 0.0291. The molecule has 132 heavy (non-hydrogen) atoms. The third kappa shape index (κ3) is 28.9.